The van der Waals surface area contributed by atoms with E-state index < -0.39 is 0 Å². The minimum absolute atomic E-state index is 0.0770. The summed E-state index contributed by atoms with van der Waals surface area (Å²) in [4.78, 5) is 15.8. The summed E-state index contributed by atoms with van der Waals surface area (Å²) in [5.74, 6) is -0.683. The molecule has 1 amide bonds. The molecular weight excluding hydrogens is 252 g/mol. The summed E-state index contributed by atoms with van der Waals surface area (Å²) in [6.45, 7) is 0.451. The summed E-state index contributed by atoms with van der Waals surface area (Å²) >= 11 is 1.53. The molecule has 18 heavy (non-hydrogen) atoms. The van der Waals surface area contributed by atoms with Gasteiger partial charge >= 0.3 is 0 Å². The van der Waals surface area contributed by atoms with Crippen LogP contribution < -0.4 is 5.32 Å². The van der Waals surface area contributed by atoms with Crippen molar-refractivity contribution in [3.8, 4) is 11.5 Å². The number of nitrogens with one attached hydrogen (secondary N) is 1. The number of rotatable bonds is 4. The van der Waals surface area contributed by atoms with Gasteiger partial charge in [0.25, 0.3) is 5.91 Å². The molecule has 6 heteroatoms. The number of carbonyl (C=O) groups is 1. The van der Waals surface area contributed by atoms with Crippen LogP contribution in [0.5, 0.6) is 11.5 Å². The van der Waals surface area contributed by atoms with E-state index in [-0.39, 0.29) is 23.0 Å². The van der Waals surface area contributed by atoms with Gasteiger partial charge < -0.3 is 15.5 Å². The van der Waals surface area contributed by atoms with Crippen molar-refractivity contribution in [3.63, 3.8) is 0 Å². The van der Waals surface area contributed by atoms with Crippen LogP contribution in [0.4, 0.5) is 0 Å². The molecule has 0 aliphatic heterocycles. The Labute approximate surface area is 108 Å². The van der Waals surface area contributed by atoms with Crippen LogP contribution in [0.15, 0.2) is 29.8 Å². The van der Waals surface area contributed by atoms with Gasteiger partial charge in [0.2, 0.25) is 0 Å². The zero-order chi connectivity index (χ0) is 13.0. The molecule has 0 aliphatic rings. The predicted octanol–water partition coefficient (Wildman–Crippen LogP) is 1.53. The summed E-state index contributed by atoms with van der Waals surface area (Å²) in [5, 5.41) is 24.1. The number of benzene rings is 1. The first-order valence-corrected chi connectivity index (χ1v) is 6.23. The first-order valence-electron chi connectivity index (χ1n) is 5.35. The van der Waals surface area contributed by atoms with Crippen LogP contribution in [-0.2, 0) is 6.42 Å². The van der Waals surface area contributed by atoms with Crippen LogP contribution in [-0.4, -0.2) is 27.6 Å². The number of aromatic nitrogens is 1. The molecule has 1 heterocycles. The van der Waals surface area contributed by atoms with E-state index in [1.165, 1.54) is 23.5 Å². The van der Waals surface area contributed by atoms with Crippen molar-refractivity contribution >= 4 is 17.2 Å². The Hall–Kier alpha value is -2.08. The molecule has 2 rings (SSSR count). The second-order valence-corrected chi connectivity index (χ2v) is 4.61. The van der Waals surface area contributed by atoms with Gasteiger partial charge in [0.05, 0.1) is 10.6 Å². The Morgan fingerprint density at radius 1 is 1.39 bits per heavy atom. The fraction of sp³-hybridized carbons (Fsp3) is 0.167. The van der Waals surface area contributed by atoms with Crippen LogP contribution in [0.3, 0.4) is 0 Å². The Kier molecular flexibility index (Phi) is 3.78. The molecular formula is C12H12N2O3S. The average Bonchev–Trinajstić information content (AvgIpc) is 2.81. The molecule has 0 aliphatic carbocycles. The number of hydrogen-bond donors (Lipinski definition) is 3. The second-order valence-electron chi connectivity index (χ2n) is 3.63. The minimum Gasteiger partial charge on any atom is -0.508 e. The molecule has 0 spiro atoms. The maximum absolute atomic E-state index is 11.7. The smallest absolute Gasteiger partial charge is 0.255 e. The fourth-order valence-corrected chi connectivity index (χ4v) is 2.09. The predicted molar refractivity (Wildman–Crippen MR) is 67.9 cm³/mol. The Bertz CT molecular complexity index is 540. The number of nitrogens with zero attached hydrogens (tertiary/aromatic N) is 1. The Morgan fingerprint density at radius 3 is 2.89 bits per heavy atom. The summed E-state index contributed by atoms with van der Waals surface area (Å²) in [6, 6.07) is 3.87. The highest BCUT2D eigenvalue weighted by atomic mass is 32.1. The third kappa shape index (κ3) is 2.98. The zero-order valence-electron chi connectivity index (χ0n) is 9.46. The average molecular weight is 264 g/mol. The van der Waals surface area contributed by atoms with E-state index in [0.29, 0.717) is 13.0 Å². The minimum atomic E-state index is -0.371. The van der Waals surface area contributed by atoms with Gasteiger partial charge in [-0.15, -0.1) is 11.3 Å². The van der Waals surface area contributed by atoms with Gasteiger partial charge in [0.15, 0.2) is 0 Å². The van der Waals surface area contributed by atoms with Crippen molar-refractivity contribution in [3.05, 3.63) is 40.3 Å². The molecule has 0 saturated carbocycles. The van der Waals surface area contributed by atoms with Crippen LogP contribution in [0.2, 0.25) is 0 Å². The van der Waals surface area contributed by atoms with Crippen LogP contribution in [0, 0.1) is 0 Å². The van der Waals surface area contributed by atoms with Gasteiger partial charge in [0, 0.05) is 30.6 Å². The van der Waals surface area contributed by atoms with Gasteiger partial charge in [0.1, 0.15) is 11.5 Å². The van der Waals surface area contributed by atoms with Gasteiger partial charge in [-0.05, 0) is 12.1 Å². The lowest BCUT2D eigenvalue weighted by Crippen LogP contribution is -2.25. The highest BCUT2D eigenvalue weighted by Crippen LogP contribution is 2.22. The monoisotopic (exact) mass is 264 g/mol. The van der Waals surface area contributed by atoms with Crippen molar-refractivity contribution in [2.45, 2.75) is 6.42 Å². The third-order valence-electron chi connectivity index (χ3n) is 2.33. The molecule has 0 fully saturated rings. The fourth-order valence-electron chi connectivity index (χ4n) is 1.47. The van der Waals surface area contributed by atoms with Gasteiger partial charge in [-0.1, -0.05) is 0 Å². The van der Waals surface area contributed by atoms with Gasteiger partial charge in [-0.2, -0.15) is 0 Å². The number of carbonyl (C=O) groups excluding carboxylic acids is 1. The third-order valence-corrected chi connectivity index (χ3v) is 3.17. The first kappa shape index (κ1) is 12.4. The zero-order valence-corrected chi connectivity index (χ0v) is 10.3. The normalized spacial score (nSPS) is 10.2. The van der Waals surface area contributed by atoms with Crippen molar-refractivity contribution < 1.29 is 15.0 Å². The number of thiazole rings is 1. The van der Waals surface area contributed by atoms with Crippen molar-refractivity contribution in [2.24, 2.45) is 0 Å². The topological polar surface area (TPSA) is 82.5 Å². The molecule has 94 valence electrons. The number of amides is 1. The van der Waals surface area contributed by atoms with E-state index in [2.05, 4.69) is 10.3 Å². The molecule has 0 unspecified atom stereocenters. The Balaban J connectivity index is 1.91. The van der Waals surface area contributed by atoms with E-state index in [4.69, 9.17) is 5.11 Å². The molecule has 0 bridgehead atoms. The SMILES string of the molecule is O=C(NCCc1nccs1)c1ccc(O)cc1O. The lowest BCUT2D eigenvalue weighted by atomic mass is 10.2. The second kappa shape index (κ2) is 5.50. The number of hydrogen-bond acceptors (Lipinski definition) is 5. The number of phenolic OH excluding ortho intramolecular Hbond substituents is 2. The van der Waals surface area contributed by atoms with Gasteiger partial charge in [-0.25, -0.2) is 4.98 Å². The van der Waals surface area contributed by atoms with E-state index in [0.717, 1.165) is 11.1 Å². The Morgan fingerprint density at radius 2 is 2.22 bits per heavy atom. The van der Waals surface area contributed by atoms with Crippen LogP contribution >= 0.6 is 11.3 Å². The van der Waals surface area contributed by atoms with Gasteiger partial charge in [-0.3, -0.25) is 4.79 Å². The number of aromatic hydroxyl groups is 2. The maximum Gasteiger partial charge on any atom is 0.255 e. The lowest BCUT2D eigenvalue weighted by molar-refractivity contribution is 0.0951. The molecule has 1 aromatic carbocycles. The largest absolute Gasteiger partial charge is 0.508 e. The molecule has 1 aromatic heterocycles. The van der Waals surface area contributed by atoms with Crippen LogP contribution in [0.1, 0.15) is 15.4 Å². The van der Waals surface area contributed by atoms with E-state index in [9.17, 15) is 9.90 Å². The summed E-state index contributed by atoms with van der Waals surface area (Å²) in [5.41, 5.74) is 0.145. The molecule has 0 atom stereocenters. The molecule has 2 aromatic rings. The maximum atomic E-state index is 11.7. The van der Waals surface area contributed by atoms with E-state index in [1.807, 2.05) is 5.38 Å². The summed E-state index contributed by atoms with van der Waals surface area (Å²) in [7, 11) is 0. The summed E-state index contributed by atoms with van der Waals surface area (Å²) in [6.07, 6.45) is 2.37. The van der Waals surface area contributed by atoms with E-state index >= 15 is 0 Å². The highest BCUT2D eigenvalue weighted by molar-refractivity contribution is 7.09. The van der Waals surface area contributed by atoms with Crippen molar-refractivity contribution in [1.82, 2.24) is 10.3 Å². The summed E-state index contributed by atoms with van der Waals surface area (Å²) < 4.78 is 0. The molecule has 0 saturated heterocycles. The lowest BCUT2D eigenvalue weighted by Gasteiger charge is -2.06. The van der Waals surface area contributed by atoms with Crippen LogP contribution in [0.25, 0.3) is 0 Å². The quantitative estimate of drug-likeness (QED) is 0.782. The van der Waals surface area contributed by atoms with E-state index in [1.54, 1.807) is 6.20 Å². The standard InChI is InChI=1S/C12H12N2O3S/c15-8-1-2-9(10(16)7-8)12(17)14-4-3-11-13-5-6-18-11/h1-2,5-7,15-16H,3-4H2,(H,14,17). The molecule has 3 N–H and O–H groups in total. The molecule has 5 nitrogen and oxygen atoms in total. The molecule has 0 radical (unpaired) electrons. The number of phenols is 2. The highest BCUT2D eigenvalue weighted by Gasteiger charge is 2.11. The van der Waals surface area contributed by atoms with Crippen molar-refractivity contribution in [1.29, 1.82) is 0 Å². The first-order chi connectivity index (χ1) is 8.66. The van der Waals surface area contributed by atoms with Crippen molar-refractivity contribution in [2.75, 3.05) is 6.54 Å².